The maximum absolute atomic E-state index is 11.8. The van der Waals surface area contributed by atoms with Gasteiger partial charge in [-0.15, -0.1) is 0 Å². The van der Waals surface area contributed by atoms with Crippen LogP contribution in [0.3, 0.4) is 0 Å². The van der Waals surface area contributed by atoms with Gasteiger partial charge in [-0.3, -0.25) is 4.79 Å². The van der Waals surface area contributed by atoms with Crippen molar-refractivity contribution < 1.29 is 14.3 Å². The molecule has 1 amide bonds. The molecule has 1 saturated heterocycles. The van der Waals surface area contributed by atoms with Gasteiger partial charge in [0, 0.05) is 6.61 Å². The SMILES string of the molecule is C[C@H](CNC(=O)[C@H]1CCCO1)Oc1ccccc1Br. The van der Waals surface area contributed by atoms with Crippen LogP contribution in [-0.2, 0) is 9.53 Å². The molecule has 104 valence electrons. The van der Waals surface area contributed by atoms with Crippen molar-refractivity contribution in [3.05, 3.63) is 28.7 Å². The largest absolute Gasteiger partial charge is 0.488 e. The lowest BCUT2D eigenvalue weighted by atomic mass is 10.2. The average Bonchev–Trinajstić information content (AvgIpc) is 2.93. The molecule has 1 aliphatic rings. The fourth-order valence-electron chi connectivity index (χ4n) is 1.94. The molecule has 0 spiro atoms. The summed E-state index contributed by atoms with van der Waals surface area (Å²) in [5.74, 6) is 0.737. The number of carbonyl (C=O) groups excluding carboxylic acids is 1. The van der Waals surface area contributed by atoms with Gasteiger partial charge in [0.05, 0.1) is 11.0 Å². The minimum atomic E-state index is -0.282. The molecule has 2 rings (SSSR count). The monoisotopic (exact) mass is 327 g/mol. The van der Waals surface area contributed by atoms with Crippen LogP contribution in [0.15, 0.2) is 28.7 Å². The Morgan fingerprint density at radius 2 is 2.37 bits per heavy atom. The van der Waals surface area contributed by atoms with Gasteiger partial charge >= 0.3 is 0 Å². The molecule has 0 bridgehead atoms. The Bertz CT molecular complexity index is 432. The van der Waals surface area contributed by atoms with E-state index in [0.29, 0.717) is 13.2 Å². The maximum Gasteiger partial charge on any atom is 0.249 e. The molecule has 19 heavy (non-hydrogen) atoms. The number of hydrogen-bond acceptors (Lipinski definition) is 3. The normalized spacial score (nSPS) is 20.0. The van der Waals surface area contributed by atoms with Gasteiger partial charge in [-0.2, -0.15) is 0 Å². The van der Waals surface area contributed by atoms with Crippen molar-refractivity contribution in [3.8, 4) is 5.75 Å². The van der Waals surface area contributed by atoms with Crippen LogP contribution in [0.1, 0.15) is 19.8 Å². The fourth-order valence-corrected chi connectivity index (χ4v) is 2.32. The van der Waals surface area contributed by atoms with Gasteiger partial charge in [0.2, 0.25) is 5.91 Å². The lowest BCUT2D eigenvalue weighted by Gasteiger charge is -2.17. The number of hydrogen-bond donors (Lipinski definition) is 1. The molecule has 4 nitrogen and oxygen atoms in total. The highest BCUT2D eigenvalue weighted by Gasteiger charge is 2.23. The number of amides is 1. The summed E-state index contributed by atoms with van der Waals surface area (Å²) in [7, 11) is 0. The standard InChI is InChI=1S/C14H18BrNO3/c1-10(19-12-6-3-2-5-11(12)15)9-16-14(17)13-7-4-8-18-13/h2-3,5-6,10,13H,4,7-9H2,1H3,(H,16,17)/t10-,13-/m1/s1. The molecule has 2 atom stereocenters. The Balaban J connectivity index is 1.76. The number of para-hydroxylation sites is 1. The van der Waals surface area contributed by atoms with Crippen molar-refractivity contribution in [1.82, 2.24) is 5.32 Å². The fraction of sp³-hybridized carbons (Fsp3) is 0.500. The summed E-state index contributed by atoms with van der Waals surface area (Å²) in [5, 5.41) is 2.86. The average molecular weight is 328 g/mol. The minimum absolute atomic E-state index is 0.0416. The van der Waals surface area contributed by atoms with E-state index in [1.54, 1.807) is 0 Å². The van der Waals surface area contributed by atoms with E-state index in [9.17, 15) is 4.79 Å². The van der Waals surface area contributed by atoms with Crippen LogP contribution < -0.4 is 10.1 Å². The number of carbonyl (C=O) groups is 1. The predicted molar refractivity (Wildman–Crippen MR) is 76.2 cm³/mol. The number of halogens is 1. The van der Waals surface area contributed by atoms with Crippen LogP contribution in [-0.4, -0.2) is 31.3 Å². The predicted octanol–water partition coefficient (Wildman–Crippen LogP) is 2.51. The second-order valence-corrected chi connectivity index (χ2v) is 5.46. The molecule has 1 heterocycles. The molecule has 1 N–H and O–H groups in total. The topological polar surface area (TPSA) is 47.6 Å². The van der Waals surface area contributed by atoms with E-state index in [0.717, 1.165) is 23.1 Å². The van der Waals surface area contributed by atoms with Gasteiger partial charge in [-0.1, -0.05) is 12.1 Å². The Morgan fingerprint density at radius 1 is 1.58 bits per heavy atom. The van der Waals surface area contributed by atoms with Crippen LogP contribution >= 0.6 is 15.9 Å². The molecule has 1 fully saturated rings. The quantitative estimate of drug-likeness (QED) is 0.903. The highest BCUT2D eigenvalue weighted by Crippen LogP contribution is 2.24. The molecule has 0 aromatic heterocycles. The van der Waals surface area contributed by atoms with Gasteiger partial charge in [0.25, 0.3) is 0 Å². The lowest BCUT2D eigenvalue weighted by molar-refractivity contribution is -0.130. The summed E-state index contributed by atoms with van der Waals surface area (Å²) >= 11 is 3.43. The van der Waals surface area contributed by atoms with E-state index < -0.39 is 0 Å². The smallest absolute Gasteiger partial charge is 0.249 e. The molecule has 5 heteroatoms. The number of rotatable bonds is 5. The van der Waals surface area contributed by atoms with E-state index in [-0.39, 0.29) is 18.1 Å². The van der Waals surface area contributed by atoms with Crippen LogP contribution in [0.4, 0.5) is 0 Å². The molecule has 0 saturated carbocycles. The van der Waals surface area contributed by atoms with Crippen molar-refractivity contribution in [3.63, 3.8) is 0 Å². The lowest BCUT2D eigenvalue weighted by Crippen LogP contribution is -2.39. The number of nitrogens with one attached hydrogen (secondary N) is 1. The van der Waals surface area contributed by atoms with Gasteiger partial charge in [0.1, 0.15) is 18.0 Å². The maximum atomic E-state index is 11.8. The first-order chi connectivity index (χ1) is 9.16. The summed E-state index contributed by atoms with van der Waals surface area (Å²) in [6, 6.07) is 7.66. The Hall–Kier alpha value is -1.07. The molecular weight excluding hydrogens is 310 g/mol. The van der Waals surface area contributed by atoms with Crippen LogP contribution in [0, 0.1) is 0 Å². The highest BCUT2D eigenvalue weighted by molar-refractivity contribution is 9.10. The van der Waals surface area contributed by atoms with E-state index in [1.165, 1.54) is 0 Å². The van der Waals surface area contributed by atoms with Crippen molar-refractivity contribution in [2.45, 2.75) is 32.0 Å². The molecule has 0 unspecified atom stereocenters. The van der Waals surface area contributed by atoms with Crippen molar-refractivity contribution in [1.29, 1.82) is 0 Å². The zero-order valence-corrected chi connectivity index (χ0v) is 12.5. The van der Waals surface area contributed by atoms with Crippen molar-refractivity contribution in [2.75, 3.05) is 13.2 Å². The van der Waals surface area contributed by atoms with E-state index >= 15 is 0 Å². The number of benzene rings is 1. The van der Waals surface area contributed by atoms with E-state index in [1.807, 2.05) is 31.2 Å². The summed E-state index contributed by atoms with van der Waals surface area (Å²) < 4.78 is 12.0. The van der Waals surface area contributed by atoms with Gasteiger partial charge < -0.3 is 14.8 Å². The van der Waals surface area contributed by atoms with Gasteiger partial charge in [0.15, 0.2) is 0 Å². The van der Waals surface area contributed by atoms with Crippen LogP contribution in [0.2, 0.25) is 0 Å². The molecular formula is C14H18BrNO3. The minimum Gasteiger partial charge on any atom is -0.488 e. The third-order valence-electron chi connectivity index (χ3n) is 2.95. The second-order valence-electron chi connectivity index (χ2n) is 4.61. The summed E-state index contributed by atoms with van der Waals surface area (Å²) in [4.78, 5) is 11.8. The van der Waals surface area contributed by atoms with Gasteiger partial charge in [-0.05, 0) is 47.8 Å². The first-order valence-electron chi connectivity index (χ1n) is 6.47. The Labute approximate surface area is 121 Å². The second kappa shape index (κ2) is 6.91. The molecule has 0 aliphatic carbocycles. The zero-order valence-electron chi connectivity index (χ0n) is 10.9. The molecule has 0 radical (unpaired) electrons. The first kappa shape index (κ1) is 14.3. The third-order valence-corrected chi connectivity index (χ3v) is 3.61. The Morgan fingerprint density at radius 3 is 3.05 bits per heavy atom. The first-order valence-corrected chi connectivity index (χ1v) is 7.26. The van der Waals surface area contributed by atoms with E-state index in [2.05, 4.69) is 21.2 Å². The zero-order chi connectivity index (χ0) is 13.7. The summed E-state index contributed by atoms with van der Waals surface area (Å²) in [5.41, 5.74) is 0. The Kier molecular flexibility index (Phi) is 5.22. The summed E-state index contributed by atoms with van der Waals surface area (Å²) in [6.45, 7) is 3.08. The van der Waals surface area contributed by atoms with E-state index in [4.69, 9.17) is 9.47 Å². The highest BCUT2D eigenvalue weighted by atomic mass is 79.9. The molecule has 1 aromatic carbocycles. The van der Waals surface area contributed by atoms with Crippen LogP contribution in [0.5, 0.6) is 5.75 Å². The van der Waals surface area contributed by atoms with Crippen molar-refractivity contribution in [2.24, 2.45) is 0 Å². The van der Waals surface area contributed by atoms with Crippen LogP contribution in [0.25, 0.3) is 0 Å². The number of ether oxygens (including phenoxy) is 2. The summed E-state index contributed by atoms with van der Waals surface area (Å²) in [6.07, 6.45) is 1.39. The molecule has 1 aliphatic heterocycles. The third kappa shape index (κ3) is 4.21. The van der Waals surface area contributed by atoms with Crippen molar-refractivity contribution >= 4 is 21.8 Å². The van der Waals surface area contributed by atoms with Gasteiger partial charge in [-0.25, -0.2) is 0 Å². The molecule has 1 aromatic rings.